The summed E-state index contributed by atoms with van der Waals surface area (Å²) < 4.78 is 36.5. The van der Waals surface area contributed by atoms with Crippen LogP contribution in [0.4, 0.5) is 13.2 Å². The molecule has 1 aromatic heterocycles. The van der Waals surface area contributed by atoms with Gasteiger partial charge in [0, 0.05) is 30.1 Å². The second-order valence-corrected chi connectivity index (χ2v) is 8.14. The fraction of sp³-hybridized carbons (Fsp3) is 0.280. The van der Waals surface area contributed by atoms with Crippen molar-refractivity contribution in [1.82, 2.24) is 15.6 Å². The molecule has 3 N–H and O–H groups in total. The van der Waals surface area contributed by atoms with Crippen molar-refractivity contribution < 1.29 is 22.8 Å². The Morgan fingerprint density at radius 1 is 1.06 bits per heavy atom. The van der Waals surface area contributed by atoms with Crippen molar-refractivity contribution in [2.45, 2.75) is 31.4 Å². The molecule has 0 unspecified atom stereocenters. The summed E-state index contributed by atoms with van der Waals surface area (Å²) in [6.45, 7) is 0.0202. The van der Waals surface area contributed by atoms with E-state index in [1.54, 1.807) is 19.2 Å². The number of aromatic amines is 1. The molecular weight excluding hydrogens is 431 g/mol. The van der Waals surface area contributed by atoms with Gasteiger partial charge >= 0.3 is 6.18 Å². The summed E-state index contributed by atoms with van der Waals surface area (Å²) in [5.41, 5.74) is 4.89. The van der Waals surface area contributed by atoms with E-state index in [4.69, 9.17) is 0 Å². The van der Waals surface area contributed by atoms with Crippen molar-refractivity contribution >= 4 is 22.7 Å². The monoisotopic (exact) mass is 455 g/mol. The van der Waals surface area contributed by atoms with Crippen LogP contribution in [0, 0.1) is 0 Å². The number of hydrogen-bond acceptors (Lipinski definition) is 2. The molecule has 33 heavy (non-hydrogen) atoms. The van der Waals surface area contributed by atoms with Gasteiger partial charge in [-0.1, -0.05) is 30.4 Å². The van der Waals surface area contributed by atoms with Gasteiger partial charge in [-0.2, -0.15) is 13.2 Å². The molecule has 1 saturated carbocycles. The molecule has 8 heteroatoms. The van der Waals surface area contributed by atoms with Crippen molar-refractivity contribution in [2.24, 2.45) is 0 Å². The number of H-pyrrole nitrogens is 1. The zero-order chi connectivity index (χ0) is 23.6. The number of benzene rings is 2. The Hall–Kier alpha value is -3.55. The Labute approximate surface area is 189 Å². The predicted octanol–water partition coefficient (Wildman–Crippen LogP) is 5.31. The number of fused-ring (bicyclic) bond motifs is 1. The zero-order valence-electron chi connectivity index (χ0n) is 18.1. The van der Waals surface area contributed by atoms with Crippen LogP contribution in [0.1, 0.15) is 51.6 Å². The number of allylic oxidation sites excluding steroid dienone is 1. The quantitative estimate of drug-likeness (QED) is 0.423. The first-order chi connectivity index (χ1) is 15.7. The number of amides is 2. The lowest BCUT2D eigenvalue weighted by Gasteiger charge is -2.09. The lowest BCUT2D eigenvalue weighted by Crippen LogP contribution is -2.23. The van der Waals surface area contributed by atoms with Crippen LogP contribution in [0.2, 0.25) is 0 Å². The van der Waals surface area contributed by atoms with Gasteiger partial charge in [0.15, 0.2) is 0 Å². The Kier molecular flexibility index (Phi) is 6.26. The zero-order valence-corrected chi connectivity index (χ0v) is 18.1. The highest BCUT2D eigenvalue weighted by Crippen LogP contribution is 2.43. The van der Waals surface area contributed by atoms with Crippen molar-refractivity contribution in [3.63, 3.8) is 0 Å². The molecule has 1 aliphatic carbocycles. The van der Waals surface area contributed by atoms with Crippen molar-refractivity contribution in [3.8, 4) is 11.1 Å². The Morgan fingerprint density at radius 2 is 1.79 bits per heavy atom. The summed E-state index contributed by atoms with van der Waals surface area (Å²) in [7, 11) is 1.58. The van der Waals surface area contributed by atoms with E-state index in [0.29, 0.717) is 17.2 Å². The van der Waals surface area contributed by atoms with Gasteiger partial charge in [-0.05, 0) is 59.7 Å². The minimum Gasteiger partial charge on any atom is -0.354 e. The molecule has 0 saturated heterocycles. The number of rotatable bonds is 7. The molecule has 4 rings (SSSR count). The summed E-state index contributed by atoms with van der Waals surface area (Å²) in [6.07, 6.45) is -0.706. The van der Waals surface area contributed by atoms with Crippen molar-refractivity contribution in [2.75, 3.05) is 13.6 Å². The molecule has 3 aromatic rings. The van der Waals surface area contributed by atoms with Gasteiger partial charge in [-0.3, -0.25) is 9.59 Å². The van der Waals surface area contributed by atoms with Crippen LogP contribution in [0.3, 0.4) is 0 Å². The third-order valence-electron chi connectivity index (χ3n) is 5.64. The predicted molar refractivity (Wildman–Crippen MR) is 121 cm³/mol. The highest BCUT2D eigenvalue weighted by Gasteiger charge is 2.26. The Morgan fingerprint density at radius 3 is 2.42 bits per heavy atom. The molecule has 1 heterocycles. The summed E-state index contributed by atoms with van der Waals surface area (Å²) in [5.74, 6) is -0.0320. The number of carbonyl (C=O) groups is 2. The number of aromatic nitrogens is 1. The highest BCUT2D eigenvalue weighted by atomic mass is 19.4. The van der Waals surface area contributed by atoms with Crippen LogP contribution in [0.5, 0.6) is 0 Å². The molecule has 172 valence electrons. The molecule has 0 bridgehead atoms. The van der Waals surface area contributed by atoms with E-state index < -0.39 is 12.6 Å². The van der Waals surface area contributed by atoms with Crippen LogP contribution in [0.25, 0.3) is 22.0 Å². The number of halogens is 3. The first-order valence-electron chi connectivity index (χ1n) is 10.7. The maximum absolute atomic E-state index is 12.3. The van der Waals surface area contributed by atoms with Crippen molar-refractivity contribution in [1.29, 1.82) is 0 Å². The van der Waals surface area contributed by atoms with Crippen LogP contribution < -0.4 is 10.6 Å². The average molecular weight is 455 g/mol. The van der Waals surface area contributed by atoms with E-state index in [2.05, 4.69) is 27.8 Å². The minimum absolute atomic E-state index is 0.0202. The lowest BCUT2D eigenvalue weighted by molar-refractivity contribution is -0.125. The molecule has 0 spiro atoms. The Bertz CT molecular complexity index is 1210. The van der Waals surface area contributed by atoms with Gasteiger partial charge < -0.3 is 15.6 Å². The largest absolute Gasteiger partial charge is 0.392 e. The Balaban J connectivity index is 1.54. The fourth-order valence-corrected chi connectivity index (χ4v) is 3.76. The minimum atomic E-state index is -4.25. The fourth-order valence-electron chi connectivity index (χ4n) is 3.76. The van der Waals surface area contributed by atoms with E-state index in [1.165, 1.54) is 11.6 Å². The molecule has 2 amide bonds. The first-order valence-corrected chi connectivity index (χ1v) is 10.7. The number of carbonyl (C=O) groups excluding carboxylic acids is 2. The van der Waals surface area contributed by atoms with Gasteiger partial charge in [-0.15, -0.1) is 0 Å². The molecule has 0 atom stereocenters. The maximum Gasteiger partial charge on any atom is 0.392 e. The summed E-state index contributed by atoms with van der Waals surface area (Å²) in [4.78, 5) is 27.6. The number of hydrogen-bond donors (Lipinski definition) is 3. The van der Waals surface area contributed by atoms with E-state index in [1.807, 2.05) is 18.2 Å². The second kappa shape index (κ2) is 9.13. The molecule has 1 fully saturated rings. The molecular formula is C25H24F3N3O2. The highest BCUT2D eigenvalue weighted by molar-refractivity contribution is 6.03. The van der Waals surface area contributed by atoms with Crippen LogP contribution in [-0.2, 0) is 0 Å². The van der Waals surface area contributed by atoms with E-state index in [-0.39, 0.29) is 18.4 Å². The third-order valence-corrected chi connectivity index (χ3v) is 5.64. The number of alkyl halides is 3. The van der Waals surface area contributed by atoms with Gasteiger partial charge in [0.25, 0.3) is 11.8 Å². The molecule has 1 aliphatic rings. The SMILES string of the molecule is CNC(=O)c1cc2c(-c3ccc(C(=O)NC/C=C/CC(F)(F)F)cc3)cc(C3CC3)cc2[nH]1. The van der Waals surface area contributed by atoms with Crippen LogP contribution in [0.15, 0.2) is 54.6 Å². The van der Waals surface area contributed by atoms with E-state index >= 15 is 0 Å². The number of nitrogens with one attached hydrogen (secondary N) is 3. The summed E-state index contributed by atoms with van der Waals surface area (Å²) in [5, 5.41) is 6.14. The maximum atomic E-state index is 12.3. The lowest BCUT2D eigenvalue weighted by atomic mass is 9.96. The van der Waals surface area contributed by atoms with Gasteiger partial charge in [0.1, 0.15) is 5.69 Å². The third kappa shape index (κ3) is 5.45. The molecule has 5 nitrogen and oxygen atoms in total. The smallest absolute Gasteiger partial charge is 0.354 e. The second-order valence-electron chi connectivity index (χ2n) is 8.14. The molecule has 2 aromatic carbocycles. The molecule has 0 aliphatic heterocycles. The van der Waals surface area contributed by atoms with Crippen LogP contribution >= 0.6 is 0 Å². The van der Waals surface area contributed by atoms with Gasteiger partial charge in [0.2, 0.25) is 0 Å². The average Bonchev–Trinajstić information content (AvgIpc) is 3.55. The van der Waals surface area contributed by atoms with Crippen LogP contribution in [-0.4, -0.2) is 36.6 Å². The summed E-state index contributed by atoms with van der Waals surface area (Å²) >= 11 is 0. The standard InChI is InChI=1S/C25H24F3N3O2/c1-29-24(33)22-14-20-19(12-18(15-4-5-15)13-21(20)31-22)16-6-8-17(9-7-16)23(32)30-11-3-2-10-25(26,27)28/h2-3,6-9,12-15,31H,4-5,10-11H2,1H3,(H,29,33)(H,30,32)/b3-2+. The molecule has 0 radical (unpaired) electrons. The van der Waals surface area contributed by atoms with Crippen molar-refractivity contribution in [3.05, 3.63) is 71.4 Å². The first kappa shape index (κ1) is 22.6. The summed E-state index contributed by atoms with van der Waals surface area (Å²) in [6, 6.07) is 13.1. The van der Waals surface area contributed by atoms with Gasteiger partial charge in [-0.25, -0.2) is 0 Å². The normalized spacial score (nSPS) is 14.1. The van der Waals surface area contributed by atoms with Gasteiger partial charge in [0.05, 0.1) is 6.42 Å². The van der Waals surface area contributed by atoms with E-state index in [9.17, 15) is 22.8 Å². The van der Waals surface area contributed by atoms with E-state index in [0.717, 1.165) is 40.9 Å². The topological polar surface area (TPSA) is 74.0 Å².